The summed E-state index contributed by atoms with van der Waals surface area (Å²) in [6.45, 7) is 5.68. The minimum atomic E-state index is -3.77. The van der Waals surface area contributed by atoms with E-state index in [0.717, 1.165) is 5.56 Å². The summed E-state index contributed by atoms with van der Waals surface area (Å²) in [6.07, 6.45) is -0.221. The summed E-state index contributed by atoms with van der Waals surface area (Å²) in [7, 11) is 3.13. The second-order valence-electron chi connectivity index (χ2n) is 6.19. The number of benzene rings is 2. The highest BCUT2D eigenvalue weighted by Gasteiger charge is 2.26. The normalized spacial score (nSPS) is 11.6. The van der Waals surface area contributed by atoms with Gasteiger partial charge >= 0.3 is 0 Å². The van der Waals surface area contributed by atoms with Crippen LogP contribution in [0.1, 0.15) is 41.3 Å². The van der Waals surface area contributed by atoms with Gasteiger partial charge in [0.2, 0.25) is 9.84 Å². The SMILES string of the molecule is [B]CC(=O)c1cc(S(=O)(=O)c2ccc(C)cc2)c(C(C)C)cc1OC. The molecule has 0 bridgehead atoms. The van der Waals surface area contributed by atoms with Crippen LogP contribution in [0.2, 0.25) is 6.32 Å². The summed E-state index contributed by atoms with van der Waals surface area (Å²) in [5.74, 6) is -0.0966. The van der Waals surface area contributed by atoms with Gasteiger partial charge in [0, 0.05) is 0 Å². The van der Waals surface area contributed by atoms with E-state index in [0.29, 0.717) is 11.3 Å². The van der Waals surface area contributed by atoms with Crippen LogP contribution in [0.4, 0.5) is 0 Å². The van der Waals surface area contributed by atoms with Crippen LogP contribution in [0.3, 0.4) is 0 Å². The molecule has 0 saturated heterocycles. The van der Waals surface area contributed by atoms with Crippen molar-refractivity contribution in [2.24, 2.45) is 0 Å². The van der Waals surface area contributed by atoms with Crippen LogP contribution in [-0.2, 0) is 9.84 Å². The van der Waals surface area contributed by atoms with Gasteiger partial charge in [0.15, 0.2) is 5.78 Å². The lowest BCUT2D eigenvalue weighted by Gasteiger charge is -2.17. The summed E-state index contributed by atoms with van der Waals surface area (Å²) in [5.41, 5.74) is 1.75. The van der Waals surface area contributed by atoms with Crippen molar-refractivity contribution in [1.82, 2.24) is 0 Å². The van der Waals surface area contributed by atoms with E-state index in [1.54, 1.807) is 30.3 Å². The average molecular weight is 356 g/mol. The van der Waals surface area contributed by atoms with E-state index >= 15 is 0 Å². The number of methoxy groups -OCH3 is 1. The van der Waals surface area contributed by atoms with Crippen LogP contribution in [0.25, 0.3) is 0 Å². The van der Waals surface area contributed by atoms with E-state index in [9.17, 15) is 13.2 Å². The molecule has 0 atom stereocenters. The molecule has 0 aliphatic rings. The molecule has 2 radical (unpaired) electrons. The van der Waals surface area contributed by atoms with Gasteiger partial charge in [-0.15, -0.1) is 0 Å². The molecular weight excluding hydrogens is 335 g/mol. The van der Waals surface area contributed by atoms with Gasteiger partial charge in [0.1, 0.15) is 5.75 Å². The topological polar surface area (TPSA) is 60.4 Å². The van der Waals surface area contributed by atoms with Gasteiger partial charge in [-0.05, 0) is 49.0 Å². The number of hydrogen-bond acceptors (Lipinski definition) is 4. The highest BCUT2D eigenvalue weighted by atomic mass is 32.2. The molecule has 0 aliphatic carbocycles. The Hall–Kier alpha value is -2.08. The standard InChI is InChI=1S/C19H21BO4S/c1-12(2)15-9-18(24-4)16(17(21)11-20)10-19(15)25(22,23)14-7-5-13(3)6-8-14/h5-10,12H,11H2,1-4H3. The van der Waals surface area contributed by atoms with E-state index in [-0.39, 0.29) is 33.4 Å². The Morgan fingerprint density at radius 2 is 1.76 bits per heavy atom. The van der Waals surface area contributed by atoms with Crippen LogP contribution >= 0.6 is 0 Å². The minimum absolute atomic E-state index is 0.0637. The van der Waals surface area contributed by atoms with Gasteiger partial charge in [-0.2, -0.15) is 0 Å². The maximum Gasteiger partial charge on any atom is 0.206 e. The van der Waals surface area contributed by atoms with E-state index in [2.05, 4.69) is 0 Å². The number of ether oxygens (including phenoxy) is 1. The first-order valence-electron chi connectivity index (χ1n) is 7.99. The Morgan fingerprint density at radius 1 is 1.16 bits per heavy atom. The average Bonchev–Trinajstić information content (AvgIpc) is 2.60. The summed E-state index contributed by atoms with van der Waals surface area (Å²) in [5, 5.41) is 0. The van der Waals surface area contributed by atoms with E-state index < -0.39 is 9.84 Å². The number of hydrogen-bond donors (Lipinski definition) is 0. The highest BCUT2D eigenvalue weighted by molar-refractivity contribution is 7.91. The summed E-state index contributed by atoms with van der Waals surface area (Å²) in [6, 6.07) is 9.65. The van der Waals surface area contributed by atoms with Crippen LogP contribution in [0.15, 0.2) is 46.2 Å². The van der Waals surface area contributed by atoms with Gasteiger partial charge in [-0.25, -0.2) is 8.42 Å². The molecule has 130 valence electrons. The molecule has 4 nitrogen and oxygen atoms in total. The van der Waals surface area contributed by atoms with Crippen molar-refractivity contribution in [2.45, 2.75) is 42.8 Å². The third-order valence-electron chi connectivity index (χ3n) is 4.06. The molecule has 0 heterocycles. The zero-order valence-electron chi connectivity index (χ0n) is 14.9. The zero-order chi connectivity index (χ0) is 18.8. The minimum Gasteiger partial charge on any atom is -0.496 e. The molecule has 0 aliphatic heterocycles. The van der Waals surface area contributed by atoms with Crippen molar-refractivity contribution in [1.29, 1.82) is 0 Å². The van der Waals surface area contributed by atoms with Crippen LogP contribution in [-0.4, -0.2) is 29.2 Å². The number of Topliss-reactive ketones (excluding diaryl/α,β-unsaturated/α-hetero) is 1. The van der Waals surface area contributed by atoms with Crippen LogP contribution < -0.4 is 4.74 Å². The van der Waals surface area contributed by atoms with Crippen LogP contribution in [0, 0.1) is 6.92 Å². The van der Waals surface area contributed by atoms with Crippen molar-refractivity contribution in [3.63, 3.8) is 0 Å². The number of ketones is 1. The molecule has 0 N–H and O–H groups in total. The Balaban J connectivity index is 2.77. The molecule has 0 fully saturated rings. The Labute approximate surface area is 150 Å². The smallest absolute Gasteiger partial charge is 0.206 e. The lowest BCUT2D eigenvalue weighted by atomic mass is 9.93. The third-order valence-corrected chi connectivity index (χ3v) is 5.89. The van der Waals surface area contributed by atoms with Gasteiger partial charge in [-0.1, -0.05) is 31.5 Å². The second-order valence-corrected chi connectivity index (χ2v) is 8.11. The van der Waals surface area contributed by atoms with Crippen molar-refractivity contribution in [2.75, 3.05) is 7.11 Å². The molecule has 2 aromatic rings. The van der Waals surface area contributed by atoms with Gasteiger partial charge in [0.05, 0.1) is 30.3 Å². The molecule has 0 unspecified atom stereocenters. The lowest BCUT2D eigenvalue weighted by molar-refractivity contribution is 0.101. The highest BCUT2D eigenvalue weighted by Crippen LogP contribution is 2.35. The molecular formula is C19H21BO4S. The molecule has 0 saturated carbocycles. The third kappa shape index (κ3) is 3.79. The molecule has 2 aromatic carbocycles. The van der Waals surface area contributed by atoms with Gasteiger partial charge in [0.25, 0.3) is 0 Å². The molecule has 25 heavy (non-hydrogen) atoms. The van der Waals surface area contributed by atoms with Crippen molar-refractivity contribution < 1.29 is 17.9 Å². The van der Waals surface area contributed by atoms with E-state index in [4.69, 9.17) is 12.6 Å². The van der Waals surface area contributed by atoms with Gasteiger partial charge in [-0.3, -0.25) is 4.79 Å². The van der Waals surface area contributed by atoms with Crippen molar-refractivity contribution in [3.05, 3.63) is 53.1 Å². The fourth-order valence-corrected chi connectivity index (χ4v) is 4.23. The fraction of sp³-hybridized carbons (Fsp3) is 0.316. The summed E-state index contributed by atoms with van der Waals surface area (Å²) >= 11 is 0. The molecule has 0 spiro atoms. The molecule has 0 amide bonds. The Morgan fingerprint density at radius 3 is 2.24 bits per heavy atom. The second kappa shape index (κ2) is 7.44. The number of aryl methyl sites for hydroxylation is 1. The van der Waals surface area contributed by atoms with Crippen molar-refractivity contribution >= 4 is 23.5 Å². The number of rotatable bonds is 6. The number of carbonyl (C=O) groups is 1. The number of sulfone groups is 1. The Bertz CT molecular complexity index is 884. The molecule has 6 heteroatoms. The van der Waals surface area contributed by atoms with Crippen LogP contribution in [0.5, 0.6) is 5.75 Å². The predicted molar refractivity (Wildman–Crippen MR) is 98.6 cm³/mol. The Kier molecular flexibility index (Phi) is 5.73. The van der Waals surface area contributed by atoms with E-state index in [1.807, 2.05) is 20.8 Å². The van der Waals surface area contributed by atoms with Gasteiger partial charge < -0.3 is 4.74 Å². The summed E-state index contributed by atoms with van der Waals surface area (Å²) in [4.78, 5) is 12.4. The van der Waals surface area contributed by atoms with Crippen molar-refractivity contribution in [3.8, 4) is 5.75 Å². The first kappa shape index (κ1) is 19.3. The quantitative estimate of drug-likeness (QED) is 0.585. The summed E-state index contributed by atoms with van der Waals surface area (Å²) < 4.78 is 31.6. The number of carbonyl (C=O) groups excluding carboxylic acids is 1. The monoisotopic (exact) mass is 356 g/mol. The fourth-order valence-electron chi connectivity index (χ4n) is 2.60. The maximum atomic E-state index is 13.1. The largest absolute Gasteiger partial charge is 0.496 e. The first-order valence-corrected chi connectivity index (χ1v) is 9.47. The molecule has 0 aromatic heterocycles. The molecule has 2 rings (SSSR count). The van der Waals surface area contributed by atoms with E-state index in [1.165, 1.54) is 13.2 Å². The lowest BCUT2D eigenvalue weighted by Crippen LogP contribution is -2.11. The zero-order valence-corrected chi connectivity index (χ0v) is 15.7. The first-order chi connectivity index (χ1) is 11.7. The predicted octanol–water partition coefficient (Wildman–Crippen LogP) is 3.73. The maximum absolute atomic E-state index is 13.1.